The Labute approximate surface area is 87.6 Å². The van der Waals surface area contributed by atoms with E-state index in [1.54, 1.807) is 6.92 Å². The molecule has 1 atom stereocenters. The van der Waals surface area contributed by atoms with Gasteiger partial charge in [-0.15, -0.1) is 7.53 Å². The lowest BCUT2D eigenvalue weighted by Crippen LogP contribution is -2.03. The summed E-state index contributed by atoms with van der Waals surface area (Å²) in [6, 6.07) is 0. The van der Waals surface area contributed by atoms with E-state index < -0.39 is 7.53 Å². The number of hydrogen-bond acceptors (Lipinski definition) is 1. The minimum absolute atomic E-state index is 0.204. The highest BCUT2D eigenvalue weighted by Gasteiger charge is 2.23. The van der Waals surface area contributed by atoms with E-state index in [-0.39, 0.29) is 10.9 Å². The van der Waals surface area contributed by atoms with Crippen molar-refractivity contribution in [2.75, 3.05) is 0 Å². The van der Waals surface area contributed by atoms with Gasteiger partial charge < -0.3 is 0 Å². The average Bonchev–Trinajstić information content (AvgIpc) is 2.27. The lowest BCUT2D eigenvalue weighted by atomic mass is 10.1. The molecule has 1 nitrogen and oxygen atoms in total. The summed E-state index contributed by atoms with van der Waals surface area (Å²) in [5, 5.41) is 1.28. The maximum Gasteiger partial charge on any atom is 0.164 e. The minimum Gasteiger partial charge on any atom is -0.294 e. The molecule has 0 aromatic carbocycles. The molecule has 0 saturated heterocycles. The summed E-state index contributed by atoms with van der Waals surface area (Å²) in [5.41, 5.74) is 2.50. The smallest absolute Gasteiger partial charge is 0.164 e. The normalized spacial score (nSPS) is 13.1. The molecule has 0 aliphatic carbocycles. The van der Waals surface area contributed by atoms with Gasteiger partial charge in [0, 0.05) is 10.5 Å². The monoisotopic (exact) mass is 210 g/mol. The third-order valence-electron chi connectivity index (χ3n) is 2.57. The summed E-state index contributed by atoms with van der Waals surface area (Å²) >= 11 is 0. The van der Waals surface area contributed by atoms with Crippen LogP contribution in [0.3, 0.4) is 0 Å². The Morgan fingerprint density at radius 2 is 1.79 bits per heavy atom. The van der Waals surface area contributed by atoms with Gasteiger partial charge in [0.05, 0.1) is 0 Å². The van der Waals surface area contributed by atoms with Crippen molar-refractivity contribution in [3.05, 3.63) is 22.2 Å². The molecule has 0 bridgehead atoms. The van der Waals surface area contributed by atoms with Crippen molar-refractivity contribution in [3.8, 4) is 0 Å². The Morgan fingerprint density at radius 3 is 2.07 bits per heavy atom. The molecule has 1 aromatic heterocycles. The van der Waals surface area contributed by atoms with Crippen LogP contribution in [0.2, 0.25) is 0 Å². The van der Waals surface area contributed by atoms with Crippen LogP contribution in [0.25, 0.3) is 0 Å². The van der Waals surface area contributed by atoms with Gasteiger partial charge in [0.25, 0.3) is 0 Å². The van der Waals surface area contributed by atoms with Crippen molar-refractivity contribution >= 4 is 13.3 Å². The average molecular weight is 210 g/mol. The standard InChI is InChI=1S/C12H19OP/c1-8-7-14(12(4,5)6)11(9(8)2)10(3)13/h7H,1-6H3. The fourth-order valence-electron chi connectivity index (χ4n) is 1.69. The molecule has 78 valence electrons. The number of carbonyl (C=O) groups excluding carboxylic acids is 1. The van der Waals surface area contributed by atoms with E-state index in [4.69, 9.17) is 0 Å². The van der Waals surface area contributed by atoms with Crippen LogP contribution in [0.5, 0.6) is 0 Å². The Morgan fingerprint density at radius 1 is 1.29 bits per heavy atom. The summed E-state index contributed by atoms with van der Waals surface area (Å²) in [6.07, 6.45) is 0. The van der Waals surface area contributed by atoms with Gasteiger partial charge >= 0.3 is 0 Å². The molecule has 0 saturated carbocycles. The van der Waals surface area contributed by atoms with Crippen molar-refractivity contribution in [3.63, 3.8) is 0 Å². The van der Waals surface area contributed by atoms with Gasteiger partial charge in [0.15, 0.2) is 5.78 Å². The molecule has 2 heteroatoms. The molecular formula is C12H19OP. The maximum absolute atomic E-state index is 11.6. The Hall–Kier alpha value is -0.550. The maximum atomic E-state index is 11.6. The van der Waals surface area contributed by atoms with E-state index >= 15 is 0 Å². The van der Waals surface area contributed by atoms with Gasteiger partial charge in [-0.3, -0.25) is 4.79 Å². The molecule has 0 fully saturated rings. The first-order chi connectivity index (χ1) is 6.25. The van der Waals surface area contributed by atoms with Gasteiger partial charge in [0.2, 0.25) is 0 Å². The Bertz CT molecular complexity index is 366. The third-order valence-corrected chi connectivity index (χ3v) is 5.79. The summed E-state index contributed by atoms with van der Waals surface area (Å²) in [6.45, 7) is 12.5. The molecule has 0 aliphatic heterocycles. The summed E-state index contributed by atoms with van der Waals surface area (Å²) in [4.78, 5) is 11.6. The predicted octanol–water partition coefficient (Wildman–Crippen LogP) is 4.25. The molecule has 0 radical (unpaired) electrons. The summed E-state index contributed by atoms with van der Waals surface area (Å²) in [5.74, 6) is 2.54. The van der Waals surface area contributed by atoms with Crippen LogP contribution in [0, 0.1) is 13.8 Å². The first-order valence-electron chi connectivity index (χ1n) is 4.95. The van der Waals surface area contributed by atoms with E-state index in [0.29, 0.717) is 0 Å². The highest BCUT2D eigenvalue weighted by atomic mass is 31.1. The molecule has 1 heterocycles. The summed E-state index contributed by atoms with van der Waals surface area (Å²) in [7, 11) is -0.400. The van der Waals surface area contributed by atoms with Gasteiger partial charge in [0.1, 0.15) is 0 Å². The van der Waals surface area contributed by atoms with Crippen LogP contribution in [0.15, 0.2) is 5.80 Å². The first kappa shape index (κ1) is 11.5. The second-order valence-corrected chi connectivity index (χ2v) is 7.67. The SMILES string of the molecule is CC(=O)c1c(C)c(C)cp1C(C)(C)C. The van der Waals surface area contributed by atoms with Gasteiger partial charge in [-0.2, -0.15) is 0 Å². The molecule has 0 amide bonds. The van der Waals surface area contributed by atoms with Crippen LogP contribution in [-0.4, -0.2) is 5.78 Å². The summed E-state index contributed by atoms with van der Waals surface area (Å²) < 4.78 is 0. The quantitative estimate of drug-likeness (QED) is 0.633. The topological polar surface area (TPSA) is 17.1 Å². The third kappa shape index (κ3) is 1.93. The van der Waals surface area contributed by atoms with Gasteiger partial charge in [-0.05, 0) is 37.7 Å². The molecule has 1 unspecified atom stereocenters. The zero-order valence-corrected chi connectivity index (χ0v) is 10.8. The molecule has 14 heavy (non-hydrogen) atoms. The van der Waals surface area contributed by atoms with Crippen molar-refractivity contribution in [2.45, 2.75) is 46.7 Å². The van der Waals surface area contributed by atoms with Crippen molar-refractivity contribution < 1.29 is 4.79 Å². The second kappa shape index (κ2) is 3.55. The number of ketones is 1. The fourth-order valence-corrected chi connectivity index (χ4v) is 4.33. The van der Waals surface area contributed by atoms with E-state index in [0.717, 1.165) is 5.30 Å². The molecule has 0 N–H and O–H groups in total. The fraction of sp³-hybridized carbons (Fsp3) is 0.583. The second-order valence-electron chi connectivity index (χ2n) is 4.88. The molecule has 0 spiro atoms. The van der Waals surface area contributed by atoms with Gasteiger partial charge in [-0.1, -0.05) is 20.8 Å². The highest BCUT2D eigenvalue weighted by Crippen LogP contribution is 2.51. The molecule has 0 aliphatic rings. The Kier molecular flexibility index (Phi) is 2.92. The first-order valence-corrected chi connectivity index (χ1v) is 6.36. The van der Waals surface area contributed by atoms with Crippen molar-refractivity contribution in [1.82, 2.24) is 0 Å². The number of aryl methyl sites for hydroxylation is 1. The lowest BCUT2D eigenvalue weighted by molar-refractivity contribution is 0.102. The lowest BCUT2D eigenvalue weighted by Gasteiger charge is -2.20. The van der Waals surface area contributed by atoms with E-state index in [2.05, 4.69) is 40.4 Å². The van der Waals surface area contributed by atoms with Crippen LogP contribution >= 0.6 is 7.53 Å². The highest BCUT2D eigenvalue weighted by molar-refractivity contribution is 7.52. The van der Waals surface area contributed by atoms with Crippen LogP contribution in [0.1, 0.15) is 48.9 Å². The van der Waals surface area contributed by atoms with Crippen molar-refractivity contribution in [1.29, 1.82) is 0 Å². The van der Waals surface area contributed by atoms with E-state index in [1.807, 2.05) is 0 Å². The number of rotatable bonds is 1. The van der Waals surface area contributed by atoms with Crippen LogP contribution in [-0.2, 0) is 5.16 Å². The molecule has 1 aromatic rings. The molecular weight excluding hydrogens is 191 g/mol. The largest absolute Gasteiger partial charge is 0.294 e. The number of carbonyl (C=O) groups is 1. The zero-order valence-electron chi connectivity index (χ0n) is 9.93. The molecule has 1 rings (SSSR count). The zero-order chi connectivity index (χ0) is 11.1. The van der Waals surface area contributed by atoms with Crippen molar-refractivity contribution in [2.24, 2.45) is 0 Å². The Balaban J connectivity index is 3.45. The van der Waals surface area contributed by atoms with E-state index in [9.17, 15) is 4.79 Å². The minimum atomic E-state index is -0.400. The van der Waals surface area contributed by atoms with Crippen LogP contribution in [0.4, 0.5) is 0 Å². The van der Waals surface area contributed by atoms with Gasteiger partial charge in [-0.25, -0.2) is 0 Å². The number of Topliss-reactive ketones (excluding diaryl/α,β-unsaturated/α-hetero) is 1. The predicted molar refractivity (Wildman–Crippen MR) is 63.6 cm³/mol. The van der Waals surface area contributed by atoms with Crippen LogP contribution < -0.4 is 0 Å². The van der Waals surface area contributed by atoms with E-state index in [1.165, 1.54) is 11.1 Å². The number of hydrogen-bond donors (Lipinski definition) is 0.